The molecule has 142 valence electrons. The number of likely N-dealkylation sites (N-methyl/N-ethyl adjacent to an activating group) is 1. The van der Waals surface area contributed by atoms with Gasteiger partial charge in [0, 0.05) is 23.6 Å². The summed E-state index contributed by atoms with van der Waals surface area (Å²) in [5.41, 5.74) is 1.73. The SMILES string of the molecule is CCN1C(=O)/C(=C\c2ccc(-c3ccccc3Cl)o2)S/C1=N/c1nc(C)cs1. The standard InChI is InChI=1S/C20H16ClN3O2S2/c1-3-24-18(25)17(28-20(24)23-19-22-12(2)11-27-19)10-13-8-9-16(26-13)14-6-4-5-7-15(14)21/h4-11H,3H2,1-2H3/b17-10+,23-20+. The van der Waals surface area contributed by atoms with Gasteiger partial charge in [-0.3, -0.25) is 9.69 Å². The number of thioether (sulfide) groups is 1. The molecule has 3 aromatic rings. The van der Waals surface area contributed by atoms with Gasteiger partial charge in [-0.05, 0) is 49.9 Å². The summed E-state index contributed by atoms with van der Waals surface area (Å²) in [5, 5.41) is 3.83. The summed E-state index contributed by atoms with van der Waals surface area (Å²) in [4.78, 5) is 23.9. The molecular weight excluding hydrogens is 414 g/mol. The van der Waals surface area contributed by atoms with E-state index in [1.165, 1.54) is 23.1 Å². The van der Waals surface area contributed by atoms with Gasteiger partial charge in [0.05, 0.1) is 15.6 Å². The average Bonchev–Trinajstić information content (AvgIpc) is 3.37. The first-order valence-corrected chi connectivity index (χ1v) is 10.7. The van der Waals surface area contributed by atoms with Crippen LogP contribution in [0.2, 0.25) is 5.02 Å². The highest BCUT2D eigenvalue weighted by Gasteiger charge is 2.32. The first-order chi connectivity index (χ1) is 13.5. The van der Waals surface area contributed by atoms with Crippen LogP contribution in [-0.2, 0) is 4.79 Å². The fourth-order valence-corrected chi connectivity index (χ4v) is 4.69. The normalized spacial score (nSPS) is 17.2. The van der Waals surface area contributed by atoms with Crippen LogP contribution in [0.4, 0.5) is 5.13 Å². The molecule has 2 aromatic heterocycles. The maximum absolute atomic E-state index is 12.8. The van der Waals surface area contributed by atoms with Gasteiger partial charge in [0.25, 0.3) is 5.91 Å². The third-order valence-electron chi connectivity index (χ3n) is 4.04. The van der Waals surface area contributed by atoms with E-state index >= 15 is 0 Å². The lowest BCUT2D eigenvalue weighted by Gasteiger charge is -2.11. The number of amidine groups is 1. The Balaban J connectivity index is 1.62. The van der Waals surface area contributed by atoms with E-state index in [0.717, 1.165) is 11.3 Å². The summed E-state index contributed by atoms with van der Waals surface area (Å²) in [6, 6.07) is 11.2. The van der Waals surface area contributed by atoms with Crippen molar-refractivity contribution in [3.8, 4) is 11.3 Å². The van der Waals surface area contributed by atoms with Gasteiger partial charge in [-0.15, -0.1) is 11.3 Å². The number of aliphatic imine (C=N–C) groups is 1. The second-order valence-electron chi connectivity index (χ2n) is 6.01. The Kier molecular flexibility index (Phi) is 5.39. The molecular formula is C20H16ClN3O2S2. The molecule has 1 aromatic carbocycles. The van der Waals surface area contributed by atoms with Crippen LogP contribution in [0.5, 0.6) is 0 Å². The van der Waals surface area contributed by atoms with Gasteiger partial charge >= 0.3 is 0 Å². The van der Waals surface area contributed by atoms with Crippen LogP contribution in [0.25, 0.3) is 17.4 Å². The fraction of sp³-hybridized carbons (Fsp3) is 0.150. The zero-order valence-corrected chi connectivity index (χ0v) is 17.6. The summed E-state index contributed by atoms with van der Waals surface area (Å²) in [6.07, 6.45) is 1.74. The zero-order chi connectivity index (χ0) is 19.7. The Labute approximate surface area is 175 Å². The van der Waals surface area contributed by atoms with Gasteiger partial charge in [-0.25, -0.2) is 4.98 Å². The van der Waals surface area contributed by atoms with Gasteiger partial charge < -0.3 is 4.42 Å². The molecule has 1 saturated heterocycles. The monoisotopic (exact) mass is 429 g/mol. The molecule has 5 nitrogen and oxygen atoms in total. The van der Waals surface area contributed by atoms with E-state index in [1.807, 2.05) is 55.6 Å². The Hall–Kier alpha value is -2.35. The fourth-order valence-electron chi connectivity index (χ4n) is 2.71. The molecule has 0 unspecified atom stereocenters. The van der Waals surface area contributed by atoms with E-state index in [-0.39, 0.29) is 5.91 Å². The van der Waals surface area contributed by atoms with Gasteiger partial charge in [0.15, 0.2) is 5.17 Å². The van der Waals surface area contributed by atoms with E-state index in [0.29, 0.717) is 38.3 Å². The van der Waals surface area contributed by atoms with Crippen molar-refractivity contribution >= 4 is 57.0 Å². The zero-order valence-electron chi connectivity index (χ0n) is 15.2. The number of aryl methyl sites for hydroxylation is 1. The first-order valence-electron chi connectivity index (χ1n) is 8.62. The Morgan fingerprint density at radius 2 is 2.11 bits per heavy atom. The lowest BCUT2D eigenvalue weighted by molar-refractivity contribution is -0.122. The number of halogens is 1. The highest BCUT2D eigenvalue weighted by molar-refractivity contribution is 8.18. The molecule has 1 aliphatic rings. The number of amides is 1. The minimum atomic E-state index is -0.0878. The minimum Gasteiger partial charge on any atom is -0.457 e. The van der Waals surface area contributed by atoms with Crippen molar-refractivity contribution in [1.29, 1.82) is 0 Å². The minimum absolute atomic E-state index is 0.0878. The van der Waals surface area contributed by atoms with E-state index < -0.39 is 0 Å². The van der Waals surface area contributed by atoms with Gasteiger partial charge in [-0.2, -0.15) is 4.99 Å². The molecule has 4 rings (SSSR count). The third kappa shape index (κ3) is 3.78. The van der Waals surface area contributed by atoms with Crippen molar-refractivity contribution in [2.45, 2.75) is 13.8 Å². The molecule has 1 aliphatic heterocycles. The number of carbonyl (C=O) groups excluding carboxylic acids is 1. The van der Waals surface area contributed by atoms with Crippen molar-refractivity contribution in [1.82, 2.24) is 9.88 Å². The van der Waals surface area contributed by atoms with Crippen LogP contribution in [-0.4, -0.2) is 27.5 Å². The number of hydrogen-bond acceptors (Lipinski definition) is 6. The largest absolute Gasteiger partial charge is 0.457 e. The van der Waals surface area contributed by atoms with E-state index in [4.69, 9.17) is 16.0 Å². The Morgan fingerprint density at radius 3 is 2.82 bits per heavy atom. The number of aromatic nitrogens is 1. The van der Waals surface area contributed by atoms with Crippen LogP contribution in [0.1, 0.15) is 18.4 Å². The quantitative estimate of drug-likeness (QED) is 0.478. The van der Waals surface area contributed by atoms with Crippen LogP contribution < -0.4 is 0 Å². The third-order valence-corrected chi connectivity index (χ3v) is 6.23. The lowest BCUT2D eigenvalue weighted by Crippen LogP contribution is -2.28. The Morgan fingerprint density at radius 1 is 1.29 bits per heavy atom. The number of hydrogen-bond donors (Lipinski definition) is 0. The maximum Gasteiger partial charge on any atom is 0.266 e. The highest BCUT2D eigenvalue weighted by Crippen LogP contribution is 2.36. The summed E-state index contributed by atoms with van der Waals surface area (Å²) >= 11 is 9.02. The van der Waals surface area contributed by atoms with E-state index in [2.05, 4.69) is 9.98 Å². The molecule has 28 heavy (non-hydrogen) atoms. The van der Waals surface area contributed by atoms with Gasteiger partial charge in [-0.1, -0.05) is 23.7 Å². The summed E-state index contributed by atoms with van der Waals surface area (Å²) in [7, 11) is 0. The van der Waals surface area contributed by atoms with E-state index in [9.17, 15) is 4.79 Å². The van der Waals surface area contributed by atoms with Crippen molar-refractivity contribution in [2.75, 3.05) is 6.54 Å². The molecule has 1 fully saturated rings. The van der Waals surface area contributed by atoms with Gasteiger partial charge in [0.2, 0.25) is 5.13 Å². The van der Waals surface area contributed by atoms with Crippen molar-refractivity contribution in [3.63, 3.8) is 0 Å². The number of benzene rings is 1. The molecule has 8 heteroatoms. The topological polar surface area (TPSA) is 58.7 Å². The van der Waals surface area contributed by atoms with Crippen LogP contribution in [0.15, 0.2) is 56.1 Å². The number of thiazole rings is 1. The molecule has 0 spiro atoms. The van der Waals surface area contributed by atoms with Crippen LogP contribution in [0.3, 0.4) is 0 Å². The van der Waals surface area contributed by atoms with Crippen molar-refractivity contribution in [2.24, 2.45) is 4.99 Å². The predicted octanol–water partition coefficient (Wildman–Crippen LogP) is 5.99. The Bertz CT molecular complexity index is 1100. The molecule has 0 N–H and O–H groups in total. The highest BCUT2D eigenvalue weighted by atomic mass is 35.5. The molecule has 0 bridgehead atoms. The van der Waals surface area contributed by atoms with Crippen LogP contribution in [0, 0.1) is 6.92 Å². The second kappa shape index (κ2) is 7.95. The predicted molar refractivity (Wildman–Crippen MR) is 116 cm³/mol. The van der Waals surface area contributed by atoms with E-state index in [1.54, 1.807) is 11.0 Å². The summed E-state index contributed by atoms with van der Waals surface area (Å²) in [5.74, 6) is 1.16. The lowest BCUT2D eigenvalue weighted by atomic mass is 10.2. The maximum atomic E-state index is 12.8. The number of rotatable bonds is 4. The molecule has 1 amide bonds. The number of carbonyl (C=O) groups is 1. The average molecular weight is 430 g/mol. The summed E-state index contributed by atoms with van der Waals surface area (Å²) in [6.45, 7) is 4.38. The molecule has 3 heterocycles. The molecule has 0 atom stereocenters. The summed E-state index contributed by atoms with van der Waals surface area (Å²) < 4.78 is 5.89. The second-order valence-corrected chi connectivity index (χ2v) is 8.26. The van der Waals surface area contributed by atoms with Crippen molar-refractivity contribution in [3.05, 3.63) is 63.2 Å². The van der Waals surface area contributed by atoms with Crippen molar-refractivity contribution < 1.29 is 9.21 Å². The van der Waals surface area contributed by atoms with Crippen LogP contribution >= 0.6 is 34.7 Å². The molecule has 0 radical (unpaired) electrons. The number of furan rings is 1. The number of nitrogens with zero attached hydrogens (tertiary/aromatic N) is 3. The van der Waals surface area contributed by atoms with Gasteiger partial charge in [0.1, 0.15) is 11.5 Å². The smallest absolute Gasteiger partial charge is 0.266 e. The first kappa shape index (κ1) is 19.0. The molecule has 0 aliphatic carbocycles. The molecule has 0 saturated carbocycles.